The van der Waals surface area contributed by atoms with E-state index < -0.39 is 5.97 Å². The van der Waals surface area contributed by atoms with Gasteiger partial charge in [0, 0.05) is 6.54 Å². The number of ether oxygens (including phenoxy) is 1. The Morgan fingerprint density at radius 1 is 1.17 bits per heavy atom. The first-order chi connectivity index (χ1) is 11.7. The van der Waals surface area contributed by atoms with Crippen LogP contribution in [-0.4, -0.2) is 36.2 Å². The first-order valence-electron chi connectivity index (χ1n) is 8.34. The average Bonchev–Trinajstić information content (AvgIpc) is 2.63. The zero-order chi connectivity index (χ0) is 16.9. The molecule has 2 aromatic carbocycles. The van der Waals surface area contributed by atoms with Crippen LogP contribution in [0.15, 0.2) is 48.5 Å². The number of rotatable bonds is 5. The monoisotopic (exact) mass is 325 g/mol. The number of carboxylic acid groups (broad SMARTS) is 1. The van der Waals surface area contributed by atoms with Crippen molar-refractivity contribution in [3.8, 4) is 5.75 Å². The number of likely N-dealkylation sites (tertiary alicyclic amines) is 1. The summed E-state index contributed by atoms with van der Waals surface area (Å²) in [5, 5.41) is 8.95. The Morgan fingerprint density at radius 3 is 2.50 bits per heavy atom. The van der Waals surface area contributed by atoms with E-state index in [1.165, 1.54) is 11.1 Å². The fourth-order valence-electron chi connectivity index (χ4n) is 3.33. The van der Waals surface area contributed by atoms with Crippen LogP contribution >= 0.6 is 0 Å². The van der Waals surface area contributed by atoms with E-state index in [0.717, 1.165) is 38.2 Å². The van der Waals surface area contributed by atoms with E-state index in [4.69, 9.17) is 9.84 Å². The van der Waals surface area contributed by atoms with Gasteiger partial charge >= 0.3 is 5.97 Å². The summed E-state index contributed by atoms with van der Waals surface area (Å²) in [6, 6.07) is 15.6. The molecular weight excluding hydrogens is 302 g/mol. The van der Waals surface area contributed by atoms with Gasteiger partial charge in [-0.1, -0.05) is 24.3 Å². The molecule has 0 amide bonds. The molecule has 4 heteroatoms. The number of benzene rings is 2. The maximum atomic E-state index is 10.9. The van der Waals surface area contributed by atoms with Crippen molar-refractivity contribution in [3.05, 3.63) is 65.2 Å². The van der Waals surface area contributed by atoms with Crippen molar-refractivity contribution in [2.24, 2.45) is 0 Å². The van der Waals surface area contributed by atoms with Crippen LogP contribution in [0.4, 0.5) is 0 Å². The van der Waals surface area contributed by atoms with Crippen LogP contribution in [0.5, 0.6) is 5.75 Å². The maximum Gasteiger partial charge on any atom is 0.335 e. The molecule has 1 heterocycles. The van der Waals surface area contributed by atoms with Crippen LogP contribution in [0.1, 0.15) is 40.2 Å². The summed E-state index contributed by atoms with van der Waals surface area (Å²) in [5.74, 6) is 0.639. The molecule has 0 unspecified atom stereocenters. The third kappa shape index (κ3) is 3.95. The topological polar surface area (TPSA) is 49.8 Å². The molecule has 4 nitrogen and oxygen atoms in total. The largest absolute Gasteiger partial charge is 0.497 e. The van der Waals surface area contributed by atoms with Gasteiger partial charge in [0.2, 0.25) is 0 Å². The quantitative estimate of drug-likeness (QED) is 0.909. The second kappa shape index (κ2) is 7.49. The summed E-state index contributed by atoms with van der Waals surface area (Å²) >= 11 is 0. The van der Waals surface area contributed by atoms with Gasteiger partial charge in [0.25, 0.3) is 0 Å². The number of carbonyl (C=O) groups is 1. The number of carboxylic acids is 1. The summed E-state index contributed by atoms with van der Waals surface area (Å²) in [5.41, 5.74) is 2.87. The Balaban J connectivity index is 1.55. The lowest BCUT2D eigenvalue weighted by Crippen LogP contribution is -2.32. The number of methoxy groups -OCH3 is 1. The second-order valence-corrected chi connectivity index (χ2v) is 6.33. The lowest BCUT2D eigenvalue weighted by Gasteiger charge is -2.32. The van der Waals surface area contributed by atoms with Crippen molar-refractivity contribution >= 4 is 5.97 Å². The number of piperidine rings is 1. The normalized spacial score (nSPS) is 16.0. The minimum absolute atomic E-state index is 0.343. The molecule has 0 aliphatic carbocycles. The van der Waals surface area contributed by atoms with Gasteiger partial charge in [-0.25, -0.2) is 4.79 Å². The number of hydrogen-bond acceptors (Lipinski definition) is 3. The van der Waals surface area contributed by atoms with Crippen LogP contribution < -0.4 is 4.74 Å². The minimum Gasteiger partial charge on any atom is -0.497 e. The van der Waals surface area contributed by atoms with Crippen LogP contribution in [0.25, 0.3) is 0 Å². The molecule has 1 N–H and O–H groups in total. The van der Waals surface area contributed by atoms with Crippen LogP contribution in [-0.2, 0) is 6.54 Å². The molecule has 0 aromatic heterocycles. The molecule has 1 saturated heterocycles. The van der Waals surface area contributed by atoms with E-state index in [0.29, 0.717) is 11.5 Å². The molecule has 0 bridgehead atoms. The van der Waals surface area contributed by atoms with E-state index in [1.54, 1.807) is 19.2 Å². The van der Waals surface area contributed by atoms with E-state index in [9.17, 15) is 4.79 Å². The molecule has 1 aliphatic heterocycles. The molecule has 1 fully saturated rings. The standard InChI is InChI=1S/C20H23NO3/c1-24-19-4-2-3-18(13-19)16-9-11-21(12-10-16)14-15-5-7-17(8-6-15)20(22)23/h2-8,13,16H,9-12,14H2,1H3,(H,22,23). The molecule has 24 heavy (non-hydrogen) atoms. The Bertz CT molecular complexity index is 688. The van der Waals surface area contributed by atoms with Gasteiger partial charge in [0.05, 0.1) is 12.7 Å². The first kappa shape index (κ1) is 16.5. The van der Waals surface area contributed by atoms with Gasteiger partial charge < -0.3 is 9.84 Å². The summed E-state index contributed by atoms with van der Waals surface area (Å²) in [4.78, 5) is 13.3. The van der Waals surface area contributed by atoms with E-state index in [2.05, 4.69) is 23.1 Å². The Kier molecular flexibility index (Phi) is 5.16. The van der Waals surface area contributed by atoms with Gasteiger partial charge in [-0.15, -0.1) is 0 Å². The van der Waals surface area contributed by atoms with E-state index in [1.807, 2.05) is 18.2 Å². The van der Waals surface area contributed by atoms with Crippen LogP contribution in [0, 0.1) is 0 Å². The zero-order valence-corrected chi connectivity index (χ0v) is 13.9. The highest BCUT2D eigenvalue weighted by atomic mass is 16.5. The van der Waals surface area contributed by atoms with Crippen molar-refractivity contribution in [1.29, 1.82) is 0 Å². The third-order valence-electron chi connectivity index (χ3n) is 4.76. The Morgan fingerprint density at radius 2 is 1.88 bits per heavy atom. The predicted octanol–water partition coefficient (Wildman–Crippen LogP) is 3.77. The molecule has 126 valence electrons. The third-order valence-corrected chi connectivity index (χ3v) is 4.76. The van der Waals surface area contributed by atoms with Gasteiger partial charge in [0.1, 0.15) is 5.75 Å². The van der Waals surface area contributed by atoms with Crippen molar-refractivity contribution in [1.82, 2.24) is 4.90 Å². The maximum absolute atomic E-state index is 10.9. The minimum atomic E-state index is -0.874. The van der Waals surface area contributed by atoms with E-state index >= 15 is 0 Å². The van der Waals surface area contributed by atoms with Crippen LogP contribution in [0.3, 0.4) is 0 Å². The van der Waals surface area contributed by atoms with Crippen molar-refractivity contribution in [2.75, 3.05) is 20.2 Å². The first-order valence-corrected chi connectivity index (χ1v) is 8.34. The van der Waals surface area contributed by atoms with Crippen molar-refractivity contribution < 1.29 is 14.6 Å². The SMILES string of the molecule is COc1cccc(C2CCN(Cc3ccc(C(=O)O)cc3)CC2)c1. The summed E-state index contributed by atoms with van der Waals surface area (Å²) in [6.45, 7) is 3.00. The highest BCUT2D eigenvalue weighted by molar-refractivity contribution is 5.87. The van der Waals surface area contributed by atoms with Gasteiger partial charge in [-0.05, 0) is 67.2 Å². The predicted molar refractivity (Wildman–Crippen MR) is 93.6 cm³/mol. The molecule has 0 radical (unpaired) electrons. The highest BCUT2D eigenvalue weighted by Gasteiger charge is 2.21. The van der Waals surface area contributed by atoms with Crippen LogP contribution in [0.2, 0.25) is 0 Å². The highest BCUT2D eigenvalue weighted by Crippen LogP contribution is 2.30. The van der Waals surface area contributed by atoms with Gasteiger partial charge in [-0.2, -0.15) is 0 Å². The van der Waals surface area contributed by atoms with Crippen molar-refractivity contribution in [3.63, 3.8) is 0 Å². The lowest BCUT2D eigenvalue weighted by molar-refractivity contribution is 0.0697. The smallest absolute Gasteiger partial charge is 0.335 e. The second-order valence-electron chi connectivity index (χ2n) is 6.33. The lowest BCUT2D eigenvalue weighted by atomic mass is 9.89. The molecular formula is C20H23NO3. The van der Waals surface area contributed by atoms with Gasteiger partial charge in [-0.3, -0.25) is 4.90 Å². The molecule has 3 rings (SSSR count). The fourth-order valence-corrected chi connectivity index (χ4v) is 3.33. The summed E-state index contributed by atoms with van der Waals surface area (Å²) < 4.78 is 5.32. The Hall–Kier alpha value is -2.33. The van der Waals surface area contributed by atoms with E-state index in [-0.39, 0.29) is 0 Å². The Labute approximate surface area is 142 Å². The molecule has 1 aliphatic rings. The number of hydrogen-bond donors (Lipinski definition) is 1. The molecule has 0 saturated carbocycles. The zero-order valence-electron chi connectivity index (χ0n) is 13.9. The van der Waals surface area contributed by atoms with Crippen molar-refractivity contribution in [2.45, 2.75) is 25.3 Å². The number of aromatic carboxylic acids is 1. The molecule has 0 spiro atoms. The molecule has 2 aromatic rings. The average molecular weight is 325 g/mol. The summed E-state index contributed by atoms with van der Waals surface area (Å²) in [7, 11) is 1.71. The molecule has 0 atom stereocenters. The number of nitrogens with zero attached hydrogens (tertiary/aromatic N) is 1. The summed E-state index contributed by atoms with van der Waals surface area (Å²) in [6.07, 6.45) is 2.28. The van der Waals surface area contributed by atoms with Gasteiger partial charge in [0.15, 0.2) is 0 Å². The fraction of sp³-hybridized carbons (Fsp3) is 0.350.